The Hall–Kier alpha value is -3.30. The second-order valence-corrected chi connectivity index (χ2v) is 7.57. The summed E-state index contributed by atoms with van der Waals surface area (Å²) in [5.74, 6) is 0.861. The maximum absolute atomic E-state index is 5.36. The molecule has 2 heterocycles. The summed E-state index contributed by atoms with van der Waals surface area (Å²) in [7, 11) is 1.70. The van der Waals surface area contributed by atoms with Gasteiger partial charge in [0.25, 0.3) is 0 Å². The maximum atomic E-state index is 5.36. The highest BCUT2D eigenvalue weighted by Gasteiger charge is 2.21. The first kappa shape index (κ1) is 16.8. The lowest BCUT2D eigenvalue weighted by atomic mass is 10.0. The van der Waals surface area contributed by atoms with Crippen molar-refractivity contribution in [2.45, 2.75) is 0 Å². The van der Waals surface area contributed by atoms with Crippen molar-refractivity contribution in [1.82, 2.24) is 4.57 Å². The zero-order valence-corrected chi connectivity index (χ0v) is 16.3. The minimum atomic E-state index is 0.861. The molecule has 2 nitrogen and oxygen atoms in total. The minimum absolute atomic E-state index is 0.861. The zero-order valence-electron chi connectivity index (χ0n) is 15.5. The molecule has 0 spiro atoms. The normalized spacial score (nSPS) is 11.0. The number of nitrogens with zero attached hydrogens (tertiary/aromatic N) is 1. The van der Waals surface area contributed by atoms with E-state index in [-0.39, 0.29) is 0 Å². The van der Waals surface area contributed by atoms with E-state index in [1.165, 1.54) is 32.6 Å². The summed E-state index contributed by atoms with van der Waals surface area (Å²) in [6, 6.07) is 31.9. The lowest BCUT2D eigenvalue weighted by molar-refractivity contribution is 0.415. The van der Waals surface area contributed by atoms with Crippen LogP contribution in [0.15, 0.2) is 96.4 Å². The van der Waals surface area contributed by atoms with Crippen molar-refractivity contribution >= 4 is 22.2 Å². The van der Waals surface area contributed by atoms with Crippen molar-refractivity contribution in [2.75, 3.05) is 7.11 Å². The van der Waals surface area contributed by atoms with E-state index in [0.29, 0.717) is 0 Å². The van der Waals surface area contributed by atoms with Crippen LogP contribution in [0.2, 0.25) is 0 Å². The van der Waals surface area contributed by atoms with Gasteiger partial charge in [-0.15, -0.1) is 11.3 Å². The average Bonchev–Trinajstić information content (AvgIpc) is 3.40. The molecule has 0 saturated carbocycles. The average molecular weight is 382 g/mol. The molecule has 0 fully saturated rings. The SMILES string of the molecule is COc1ccc(-n2c(-c3ccccc3)c(-c3cccs3)c3ccccc32)cc1. The number of methoxy groups -OCH3 is 1. The van der Waals surface area contributed by atoms with Crippen LogP contribution >= 0.6 is 11.3 Å². The van der Waals surface area contributed by atoms with Gasteiger partial charge in [-0.25, -0.2) is 0 Å². The lowest BCUT2D eigenvalue weighted by Crippen LogP contribution is -1.97. The van der Waals surface area contributed by atoms with Gasteiger partial charge in [0.15, 0.2) is 0 Å². The third-order valence-electron chi connectivity index (χ3n) is 5.02. The van der Waals surface area contributed by atoms with Gasteiger partial charge in [-0.1, -0.05) is 54.6 Å². The largest absolute Gasteiger partial charge is 0.497 e. The van der Waals surface area contributed by atoms with Crippen molar-refractivity contribution in [1.29, 1.82) is 0 Å². The molecule has 0 aliphatic heterocycles. The van der Waals surface area contributed by atoms with Gasteiger partial charge in [-0.3, -0.25) is 0 Å². The number of rotatable bonds is 4. The summed E-state index contributed by atoms with van der Waals surface area (Å²) >= 11 is 1.78. The minimum Gasteiger partial charge on any atom is -0.497 e. The molecule has 0 bridgehead atoms. The van der Waals surface area contributed by atoms with Crippen molar-refractivity contribution in [3.05, 3.63) is 96.4 Å². The molecule has 0 radical (unpaired) electrons. The standard InChI is InChI=1S/C25H19NOS/c1-27-20-15-13-19(14-16-20)26-22-11-6-5-10-21(22)24(23-12-7-17-28-23)25(26)18-8-3-2-4-9-18/h2-17H,1H3. The van der Waals surface area contributed by atoms with Crippen LogP contribution in [-0.4, -0.2) is 11.7 Å². The molecule has 0 unspecified atom stereocenters. The number of para-hydroxylation sites is 1. The van der Waals surface area contributed by atoms with Crippen molar-refractivity contribution in [2.24, 2.45) is 0 Å². The Labute approximate surface area is 168 Å². The molecule has 0 aliphatic rings. The summed E-state index contributed by atoms with van der Waals surface area (Å²) < 4.78 is 7.72. The summed E-state index contributed by atoms with van der Waals surface area (Å²) in [5.41, 5.74) is 6.04. The van der Waals surface area contributed by atoms with Gasteiger partial charge in [0.05, 0.1) is 18.3 Å². The highest BCUT2D eigenvalue weighted by Crippen LogP contribution is 2.44. The summed E-state index contributed by atoms with van der Waals surface area (Å²) in [5, 5.41) is 3.41. The van der Waals surface area contributed by atoms with E-state index in [9.17, 15) is 0 Å². The fraction of sp³-hybridized carbons (Fsp3) is 0.0400. The Morgan fingerprint density at radius 3 is 2.21 bits per heavy atom. The maximum Gasteiger partial charge on any atom is 0.119 e. The van der Waals surface area contributed by atoms with E-state index in [4.69, 9.17) is 4.74 Å². The molecule has 0 saturated heterocycles. The smallest absolute Gasteiger partial charge is 0.119 e. The second-order valence-electron chi connectivity index (χ2n) is 6.62. The van der Waals surface area contributed by atoms with Gasteiger partial charge in [-0.2, -0.15) is 0 Å². The van der Waals surface area contributed by atoms with Gasteiger partial charge in [0.1, 0.15) is 5.75 Å². The molecule has 5 aromatic rings. The Morgan fingerprint density at radius 1 is 0.750 bits per heavy atom. The molecule has 3 aromatic carbocycles. The van der Waals surface area contributed by atoms with Crippen LogP contribution in [0.4, 0.5) is 0 Å². The second kappa shape index (κ2) is 7.02. The fourth-order valence-electron chi connectivity index (χ4n) is 3.78. The first-order valence-corrected chi connectivity index (χ1v) is 10.1. The predicted octanol–water partition coefficient (Wildman–Crippen LogP) is 7.03. The van der Waals surface area contributed by atoms with Crippen LogP contribution in [0.25, 0.3) is 38.3 Å². The molecule has 5 rings (SSSR count). The molecule has 0 amide bonds. The number of benzene rings is 3. The molecule has 2 aromatic heterocycles. The summed E-state index contributed by atoms with van der Waals surface area (Å²) in [6.45, 7) is 0. The van der Waals surface area contributed by atoms with Crippen LogP contribution in [-0.2, 0) is 0 Å². The van der Waals surface area contributed by atoms with Crippen LogP contribution in [0, 0.1) is 0 Å². The van der Waals surface area contributed by atoms with E-state index in [2.05, 4.69) is 88.8 Å². The predicted molar refractivity (Wildman–Crippen MR) is 119 cm³/mol. The molecular formula is C25H19NOS. The van der Waals surface area contributed by atoms with Gasteiger partial charge in [-0.05, 0) is 47.3 Å². The fourth-order valence-corrected chi connectivity index (χ4v) is 4.56. The lowest BCUT2D eigenvalue weighted by Gasteiger charge is -2.13. The number of fused-ring (bicyclic) bond motifs is 1. The Kier molecular flexibility index (Phi) is 4.22. The van der Waals surface area contributed by atoms with Gasteiger partial charge in [0, 0.05) is 21.5 Å². The van der Waals surface area contributed by atoms with E-state index in [0.717, 1.165) is 11.4 Å². The molecule has 0 N–H and O–H groups in total. The molecule has 28 heavy (non-hydrogen) atoms. The Balaban J connectivity index is 1.91. The van der Waals surface area contributed by atoms with Crippen molar-refractivity contribution in [3.8, 4) is 33.1 Å². The number of hydrogen-bond acceptors (Lipinski definition) is 2. The Morgan fingerprint density at radius 2 is 1.50 bits per heavy atom. The van der Waals surface area contributed by atoms with Gasteiger partial charge in [0.2, 0.25) is 0 Å². The molecule has 3 heteroatoms. The molecule has 0 atom stereocenters. The molecule has 0 aliphatic carbocycles. The molecular weight excluding hydrogens is 362 g/mol. The third-order valence-corrected chi connectivity index (χ3v) is 5.91. The summed E-state index contributed by atoms with van der Waals surface area (Å²) in [4.78, 5) is 1.28. The zero-order chi connectivity index (χ0) is 18.9. The number of aromatic nitrogens is 1. The van der Waals surface area contributed by atoms with E-state index >= 15 is 0 Å². The highest BCUT2D eigenvalue weighted by molar-refractivity contribution is 7.13. The summed E-state index contributed by atoms with van der Waals surface area (Å²) in [6.07, 6.45) is 0. The third kappa shape index (κ3) is 2.72. The van der Waals surface area contributed by atoms with E-state index < -0.39 is 0 Å². The van der Waals surface area contributed by atoms with Crippen molar-refractivity contribution < 1.29 is 4.74 Å². The van der Waals surface area contributed by atoms with Gasteiger partial charge < -0.3 is 9.30 Å². The Bertz CT molecular complexity index is 1220. The first-order chi connectivity index (χ1) is 13.9. The highest BCUT2D eigenvalue weighted by atomic mass is 32.1. The number of hydrogen-bond donors (Lipinski definition) is 0. The van der Waals surface area contributed by atoms with Crippen LogP contribution in [0.1, 0.15) is 0 Å². The van der Waals surface area contributed by atoms with E-state index in [1.807, 2.05) is 12.1 Å². The van der Waals surface area contributed by atoms with Crippen LogP contribution in [0.5, 0.6) is 5.75 Å². The number of thiophene rings is 1. The molecule has 136 valence electrons. The number of ether oxygens (including phenoxy) is 1. The monoisotopic (exact) mass is 381 g/mol. The van der Waals surface area contributed by atoms with E-state index in [1.54, 1.807) is 18.4 Å². The quantitative estimate of drug-likeness (QED) is 0.326. The topological polar surface area (TPSA) is 14.2 Å². The van der Waals surface area contributed by atoms with Gasteiger partial charge >= 0.3 is 0 Å². The van der Waals surface area contributed by atoms with Crippen molar-refractivity contribution in [3.63, 3.8) is 0 Å². The van der Waals surface area contributed by atoms with Crippen LogP contribution in [0.3, 0.4) is 0 Å². The van der Waals surface area contributed by atoms with Crippen LogP contribution < -0.4 is 4.74 Å². The first-order valence-electron chi connectivity index (χ1n) is 9.24.